The SMILES string of the molecule is CC(C)(C)c1ccc(Oc2ccc(OCC3Cn4ccc(=O)nc4O3)cc2)cc1. The van der Waals surface area contributed by atoms with Gasteiger partial charge < -0.3 is 14.2 Å². The maximum Gasteiger partial charge on any atom is 0.300 e. The summed E-state index contributed by atoms with van der Waals surface area (Å²) in [6, 6.07) is 17.4. The first-order chi connectivity index (χ1) is 13.9. The van der Waals surface area contributed by atoms with E-state index < -0.39 is 0 Å². The smallest absolute Gasteiger partial charge is 0.300 e. The van der Waals surface area contributed by atoms with Gasteiger partial charge in [0, 0.05) is 12.3 Å². The lowest BCUT2D eigenvalue weighted by Gasteiger charge is -2.19. The van der Waals surface area contributed by atoms with Gasteiger partial charge in [0.1, 0.15) is 23.9 Å². The number of benzene rings is 2. The van der Waals surface area contributed by atoms with Crippen LogP contribution in [0.3, 0.4) is 0 Å². The van der Waals surface area contributed by atoms with Gasteiger partial charge >= 0.3 is 0 Å². The summed E-state index contributed by atoms with van der Waals surface area (Å²) < 4.78 is 19.2. The van der Waals surface area contributed by atoms with E-state index in [0.717, 1.165) is 17.2 Å². The van der Waals surface area contributed by atoms with Gasteiger partial charge in [-0.15, -0.1) is 0 Å². The largest absolute Gasteiger partial charge is 0.490 e. The highest BCUT2D eigenvalue weighted by Crippen LogP contribution is 2.28. The van der Waals surface area contributed by atoms with Crippen molar-refractivity contribution in [3.63, 3.8) is 0 Å². The Morgan fingerprint density at radius 2 is 1.62 bits per heavy atom. The number of nitrogens with zero attached hydrogens (tertiary/aromatic N) is 2. The van der Waals surface area contributed by atoms with Gasteiger partial charge in [-0.25, -0.2) is 0 Å². The lowest BCUT2D eigenvalue weighted by atomic mass is 9.87. The van der Waals surface area contributed by atoms with E-state index in [1.54, 1.807) is 10.8 Å². The second-order valence-corrected chi connectivity index (χ2v) is 8.10. The summed E-state index contributed by atoms with van der Waals surface area (Å²) in [7, 11) is 0. The van der Waals surface area contributed by atoms with Crippen LogP contribution in [0.15, 0.2) is 65.6 Å². The Kier molecular flexibility index (Phi) is 5.01. The normalized spacial score (nSPS) is 15.5. The Balaban J connectivity index is 1.31. The van der Waals surface area contributed by atoms with Gasteiger partial charge in [-0.3, -0.25) is 9.36 Å². The molecule has 4 rings (SSSR count). The van der Waals surface area contributed by atoms with Crippen molar-refractivity contribution in [1.29, 1.82) is 0 Å². The first-order valence-corrected chi connectivity index (χ1v) is 9.62. The minimum Gasteiger partial charge on any atom is -0.490 e. The Morgan fingerprint density at radius 3 is 2.28 bits per heavy atom. The molecule has 2 heterocycles. The summed E-state index contributed by atoms with van der Waals surface area (Å²) in [5.41, 5.74) is 1.08. The summed E-state index contributed by atoms with van der Waals surface area (Å²) in [5, 5.41) is 0. The molecule has 6 nitrogen and oxygen atoms in total. The highest BCUT2D eigenvalue weighted by molar-refractivity contribution is 5.37. The lowest BCUT2D eigenvalue weighted by molar-refractivity contribution is 0.143. The Labute approximate surface area is 169 Å². The van der Waals surface area contributed by atoms with Gasteiger partial charge in [0.05, 0.1) is 6.54 Å². The molecule has 1 aliphatic rings. The van der Waals surface area contributed by atoms with Crippen molar-refractivity contribution in [2.24, 2.45) is 0 Å². The van der Waals surface area contributed by atoms with Crippen molar-refractivity contribution in [1.82, 2.24) is 9.55 Å². The van der Waals surface area contributed by atoms with E-state index in [1.165, 1.54) is 11.6 Å². The number of fused-ring (bicyclic) bond motifs is 1. The van der Waals surface area contributed by atoms with E-state index in [9.17, 15) is 4.79 Å². The molecule has 150 valence electrons. The molecule has 0 spiro atoms. The second-order valence-electron chi connectivity index (χ2n) is 8.10. The van der Waals surface area contributed by atoms with Crippen molar-refractivity contribution in [2.45, 2.75) is 38.8 Å². The highest BCUT2D eigenvalue weighted by atomic mass is 16.6. The highest BCUT2D eigenvalue weighted by Gasteiger charge is 2.23. The van der Waals surface area contributed by atoms with Crippen molar-refractivity contribution >= 4 is 0 Å². The van der Waals surface area contributed by atoms with Crippen LogP contribution >= 0.6 is 0 Å². The van der Waals surface area contributed by atoms with Crippen LogP contribution in [0.4, 0.5) is 0 Å². The predicted molar refractivity (Wildman–Crippen MR) is 110 cm³/mol. The van der Waals surface area contributed by atoms with Crippen LogP contribution < -0.4 is 19.8 Å². The zero-order valence-corrected chi connectivity index (χ0v) is 16.8. The van der Waals surface area contributed by atoms with Crippen LogP contribution in [0.2, 0.25) is 0 Å². The molecule has 1 aromatic heterocycles. The molecule has 6 heteroatoms. The number of hydrogen-bond acceptors (Lipinski definition) is 5. The van der Waals surface area contributed by atoms with E-state index in [-0.39, 0.29) is 17.1 Å². The first-order valence-electron chi connectivity index (χ1n) is 9.62. The van der Waals surface area contributed by atoms with Crippen molar-refractivity contribution in [3.05, 3.63) is 76.7 Å². The van der Waals surface area contributed by atoms with Crippen LogP contribution in [0, 0.1) is 0 Å². The number of hydrogen-bond donors (Lipinski definition) is 0. The van der Waals surface area contributed by atoms with Gasteiger partial charge in [0.25, 0.3) is 11.6 Å². The molecular weight excluding hydrogens is 368 g/mol. The molecule has 0 saturated carbocycles. The maximum absolute atomic E-state index is 11.3. The molecule has 0 N–H and O–H groups in total. The summed E-state index contributed by atoms with van der Waals surface area (Å²) in [4.78, 5) is 15.1. The minimum absolute atomic E-state index is 0.119. The third kappa shape index (κ3) is 4.59. The number of aromatic nitrogens is 2. The summed E-state index contributed by atoms with van der Waals surface area (Å²) >= 11 is 0. The molecule has 3 aromatic rings. The fourth-order valence-electron chi connectivity index (χ4n) is 3.09. The Hall–Kier alpha value is -3.28. The zero-order chi connectivity index (χ0) is 20.4. The molecule has 1 unspecified atom stereocenters. The molecule has 0 radical (unpaired) electrons. The zero-order valence-electron chi connectivity index (χ0n) is 16.8. The van der Waals surface area contributed by atoms with Crippen LogP contribution in [-0.2, 0) is 12.0 Å². The van der Waals surface area contributed by atoms with Gasteiger partial charge in [0.2, 0.25) is 0 Å². The summed E-state index contributed by atoms with van der Waals surface area (Å²) in [6.45, 7) is 7.54. The molecule has 1 aliphatic heterocycles. The molecular formula is C23H24N2O4. The van der Waals surface area contributed by atoms with E-state index in [1.807, 2.05) is 36.4 Å². The standard InChI is InChI=1S/C23H24N2O4/c1-23(2,3)16-4-6-18(7-5-16)28-19-10-8-17(9-11-19)27-15-20-14-25-13-12-21(26)24-22(25)29-20/h4-13,20H,14-15H2,1-3H3. The molecule has 1 atom stereocenters. The Morgan fingerprint density at radius 1 is 1.00 bits per heavy atom. The van der Waals surface area contributed by atoms with Crippen LogP contribution in [0.5, 0.6) is 23.3 Å². The molecule has 29 heavy (non-hydrogen) atoms. The molecule has 0 bridgehead atoms. The average Bonchev–Trinajstić information content (AvgIpc) is 3.09. The molecule has 0 fully saturated rings. The van der Waals surface area contributed by atoms with Crippen molar-refractivity contribution < 1.29 is 14.2 Å². The fraction of sp³-hybridized carbons (Fsp3) is 0.304. The van der Waals surface area contributed by atoms with Crippen molar-refractivity contribution in [2.75, 3.05) is 6.61 Å². The summed E-state index contributed by atoms with van der Waals surface area (Å²) in [5.74, 6) is 2.27. The summed E-state index contributed by atoms with van der Waals surface area (Å²) in [6.07, 6.45) is 1.51. The van der Waals surface area contributed by atoms with E-state index in [0.29, 0.717) is 19.2 Å². The third-order valence-electron chi connectivity index (χ3n) is 4.74. The molecule has 0 amide bonds. The van der Waals surface area contributed by atoms with Gasteiger partial charge in [-0.2, -0.15) is 4.98 Å². The van der Waals surface area contributed by atoms with Crippen LogP contribution in [0.25, 0.3) is 0 Å². The molecule has 0 saturated heterocycles. The van der Waals surface area contributed by atoms with E-state index >= 15 is 0 Å². The van der Waals surface area contributed by atoms with Crippen molar-refractivity contribution in [3.8, 4) is 23.3 Å². The molecule has 2 aromatic carbocycles. The third-order valence-corrected chi connectivity index (χ3v) is 4.74. The van der Waals surface area contributed by atoms with Gasteiger partial charge in [-0.1, -0.05) is 32.9 Å². The average molecular weight is 392 g/mol. The first kappa shape index (κ1) is 19.1. The fourth-order valence-corrected chi connectivity index (χ4v) is 3.09. The van der Waals surface area contributed by atoms with Gasteiger partial charge in [0.15, 0.2) is 6.10 Å². The second kappa shape index (κ2) is 7.62. The monoisotopic (exact) mass is 392 g/mol. The van der Waals surface area contributed by atoms with Crippen LogP contribution in [0.1, 0.15) is 26.3 Å². The maximum atomic E-state index is 11.3. The van der Waals surface area contributed by atoms with E-state index in [2.05, 4.69) is 37.9 Å². The Bertz CT molecular complexity index is 1030. The minimum atomic E-state index is -0.304. The lowest BCUT2D eigenvalue weighted by Crippen LogP contribution is -2.23. The number of rotatable bonds is 5. The number of ether oxygens (including phenoxy) is 3. The van der Waals surface area contributed by atoms with Gasteiger partial charge in [-0.05, 0) is 47.4 Å². The predicted octanol–water partition coefficient (Wildman–Crippen LogP) is 4.17. The quantitative estimate of drug-likeness (QED) is 0.652. The van der Waals surface area contributed by atoms with Crippen LogP contribution in [-0.4, -0.2) is 22.3 Å². The molecule has 0 aliphatic carbocycles. The van der Waals surface area contributed by atoms with E-state index in [4.69, 9.17) is 14.2 Å². The topological polar surface area (TPSA) is 62.6 Å².